The summed E-state index contributed by atoms with van der Waals surface area (Å²) in [7, 11) is 1.65. The molecule has 1 aliphatic rings. The summed E-state index contributed by atoms with van der Waals surface area (Å²) >= 11 is 0. The van der Waals surface area contributed by atoms with Gasteiger partial charge in [0.2, 0.25) is 0 Å². The van der Waals surface area contributed by atoms with E-state index in [4.69, 9.17) is 0 Å². The molecule has 0 spiro atoms. The van der Waals surface area contributed by atoms with Gasteiger partial charge in [-0.05, 0) is 56.6 Å². The second-order valence-electron chi connectivity index (χ2n) is 5.95. The molecule has 0 bridgehead atoms. The van der Waals surface area contributed by atoms with Gasteiger partial charge < -0.3 is 15.5 Å². The number of nitrogens with one attached hydrogen (secondary N) is 2. The van der Waals surface area contributed by atoms with Gasteiger partial charge in [-0.3, -0.25) is 4.99 Å². The SMILES string of the molecule is CN=C(NCCCN1CCCC1)NCc1cccc(C(F)(F)F)c1. The highest BCUT2D eigenvalue weighted by Crippen LogP contribution is 2.29. The average molecular weight is 342 g/mol. The van der Waals surface area contributed by atoms with Crippen molar-refractivity contribution in [3.8, 4) is 0 Å². The number of hydrogen-bond acceptors (Lipinski definition) is 2. The zero-order valence-corrected chi connectivity index (χ0v) is 14.0. The van der Waals surface area contributed by atoms with Crippen LogP contribution in [0.2, 0.25) is 0 Å². The Kier molecular flexibility index (Phi) is 6.90. The Morgan fingerprint density at radius 2 is 1.96 bits per heavy atom. The van der Waals surface area contributed by atoms with Gasteiger partial charge >= 0.3 is 6.18 Å². The largest absolute Gasteiger partial charge is 0.416 e. The molecule has 7 heteroatoms. The minimum absolute atomic E-state index is 0.301. The van der Waals surface area contributed by atoms with Crippen LogP contribution in [-0.4, -0.2) is 44.1 Å². The van der Waals surface area contributed by atoms with E-state index in [1.165, 1.54) is 32.0 Å². The van der Waals surface area contributed by atoms with Gasteiger partial charge in [0.1, 0.15) is 0 Å². The Bertz CT molecular complexity index is 537. The molecule has 1 aromatic carbocycles. The van der Waals surface area contributed by atoms with E-state index in [0.29, 0.717) is 18.1 Å². The van der Waals surface area contributed by atoms with Crippen LogP contribution < -0.4 is 10.6 Å². The number of hydrogen-bond donors (Lipinski definition) is 2. The van der Waals surface area contributed by atoms with Gasteiger partial charge in [0.05, 0.1) is 5.56 Å². The highest BCUT2D eigenvalue weighted by atomic mass is 19.4. The van der Waals surface area contributed by atoms with E-state index in [9.17, 15) is 13.2 Å². The molecule has 0 aliphatic carbocycles. The fourth-order valence-electron chi connectivity index (χ4n) is 2.78. The topological polar surface area (TPSA) is 39.7 Å². The quantitative estimate of drug-likeness (QED) is 0.474. The summed E-state index contributed by atoms with van der Waals surface area (Å²) < 4.78 is 38.1. The lowest BCUT2D eigenvalue weighted by atomic mass is 10.1. The van der Waals surface area contributed by atoms with Crippen LogP contribution in [0.3, 0.4) is 0 Å². The zero-order chi connectivity index (χ0) is 17.4. The summed E-state index contributed by atoms with van der Waals surface area (Å²) in [4.78, 5) is 6.55. The van der Waals surface area contributed by atoms with Crippen molar-refractivity contribution in [2.45, 2.75) is 32.0 Å². The van der Waals surface area contributed by atoms with Crippen molar-refractivity contribution in [3.63, 3.8) is 0 Å². The van der Waals surface area contributed by atoms with Crippen molar-refractivity contribution in [1.82, 2.24) is 15.5 Å². The maximum Gasteiger partial charge on any atom is 0.416 e. The Balaban J connectivity index is 1.73. The van der Waals surface area contributed by atoms with Gasteiger partial charge in [-0.2, -0.15) is 13.2 Å². The standard InChI is InChI=1S/C17H25F3N4/c1-21-16(22-8-5-11-24-9-2-3-10-24)23-13-14-6-4-7-15(12-14)17(18,19)20/h4,6-7,12H,2-3,5,8-11,13H2,1H3,(H2,21,22,23). The van der Waals surface area contributed by atoms with Gasteiger partial charge in [-0.1, -0.05) is 12.1 Å². The maximum absolute atomic E-state index is 12.7. The lowest BCUT2D eigenvalue weighted by Crippen LogP contribution is -2.38. The molecule has 1 saturated heterocycles. The van der Waals surface area contributed by atoms with Crippen molar-refractivity contribution in [2.24, 2.45) is 4.99 Å². The third kappa shape index (κ3) is 6.03. The fraction of sp³-hybridized carbons (Fsp3) is 0.588. The van der Waals surface area contributed by atoms with Crippen LogP contribution in [0.25, 0.3) is 0 Å². The summed E-state index contributed by atoms with van der Waals surface area (Å²) in [5.74, 6) is 0.605. The monoisotopic (exact) mass is 342 g/mol. The molecular formula is C17H25F3N4. The van der Waals surface area contributed by atoms with Crippen molar-refractivity contribution in [1.29, 1.82) is 0 Å². The molecule has 0 radical (unpaired) electrons. The summed E-state index contributed by atoms with van der Waals surface area (Å²) in [6, 6.07) is 5.33. The summed E-state index contributed by atoms with van der Waals surface area (Å²) in [6.45, 7) is 4.52. The Hall–Kier alpha value is -1.76. The van der Waals surface area contributed by atoms with Crippen molar-refractivity contribution in [3.05, 3.63) is 35.4 Å². The van der Waals surface area contributed by atoms with E-state index < -0.39 is 11.7 Å². The molecule has 0 unspecified atom stereocenters. The lowest BCUT2D eigenvalue weighted by Gasteiger charge is -2.16. The lowest BCUT2D eigenvalue weighted by molar-refractivity contribution is -0.137. The molecule has 0 amide bonds. The van der Waals surface area contributed by atoms with Crippen molar-refractivity contribution >= 4 is 5.96 Å². The molecule has 1 heterocycles. The van der Waals surface area contributed by atoms with E-state index in [-0.39, 0.29) is 0 Å². The first-order chi connectivity index (χ1) is 11.5. The van der Waals surface area contributed by atoms with E-state index >= 15 is 0 Å². The zero-order valence-electron chi connectivity index (χ0n) is 14.0. The molecule has 2 rings (SSSR count). The molecule has 1 fully saturated rings. The number of aliphatic imine (C=N–C) groups is 1. The minimum atomic E-state index is -4.31. The van der Waals surface area contributed by atoms with Crippen LogP contribution in [0.15, 0.2) is 29.3 Å². The molecule has 134 valence electrons. The first kappa shape index (κ1) is 18.6. The first-order valence-corrected chi connectivity index (χ1v) is 8.32. The first-order valence-electron chi connectivity index (χ1n) is 8.32. The van der Waals surface area contributed by atoms with E-state index in [2.05, 4.69) is 20.5 Å². The normalized spacial score (nSPS) is 16.4. The van der Waals surface area contributed by atoms with Crippen molar-refractivity contribution in [2.75, 3.05) is 33.2 Å². The Morgan fingerprint density at radius 1 is 1.21 bits per heavy atom. The smallest absolute Gasteiger partial charge is 0.356 e. The molecule has 24 heavy (non-hydrogen) atoms. The molecule has 2 N–H and O–H groups in total. The Labute approximate surface area is 141 Å². The predicted molar refractivity (Wildman–Crippen MR) is 89.9 cm³/mol. The molecule has 0 atom stereocenters. The maximum atomic E-state index is 12.7. The van der Waals surface area contributed by atoms with Gasteiger partial charge in [0.25, 0.3) is 0 Å². The van der Waals surface area contributed by atoms with Gasteiger partial charge in [-0.15, -0.1) is 0 Å². The van der Waals surface area contributed by atoms with E-state index in [1.807, 2.05) is 0 Å². The molecule has 4 nitrogen and oxygen atoms in total. The highest BCUT2D eigenvalue weighted by molar-refractivity contribution is 5.79. The third-order valence-corrected chi connectivity index (χ3v) is 4.08. The summed E-state index contributed by atoms with van der Waals surface area (Å²) in [5.41, 5.74) is -0.0554. The van der Waals surface area contributed by atoms with Crippen LogP contribution >= 0.6 is 0 Å². The number of benzene rings is 1. The number of guanidine groups is 1. The van der Waals surface area contributed by atoms with Crippen LogP contribution in [0.1, 0.15) is 30.4 Å². The molecule has 1 aromatic rings. The van der Waals surface area contributed by atoms with E-state index in [1.54, 1.807) is 13.1 Å². The van der Waals surface area contributed by atoms with E-state index in [0.717, 1.165) is 31.6 Å². The summed E-state index contributed by atoms with van der Waals surface area (Å²) in [6.07, 6.45) is -0.725. The number of rotatable bonds is 6. The second kappa shape index (κ2) is 8.92. The Morgan fingerprint density at radius 3 is 2.62 bits per heavy atom. The van der Waals surface area contributed by atoms with Gasteiger partial charge in [-0.25, -0.2) is 0 Å². The predicted octanol–water partition coefficient (Wildman–Crippen LogP) is 2.86. The molecular weight excluding hydrogens is 317 g/mol. The number of halogens is 3. The second-order valence-corrected chi connectivity index (χ2v) is 5.95. The fourth-order valence-corrected chi connectivity index (χ4v) is 2.78. The average Bonchev–Trinajstić information content (AvgIpc) is 3.07. The molecule has 0 saturated carbocycles. The number of alkyl halides is 3. The number of likely N-dealkylation sites (tertiary alicyclic amines) is 1. The highest BCUT2D eigenvalue weighted by Gasteiger charge is 2.30. The minimum Gasteiger partial charge on any atom is -0.356 e. The van der Waals surface area contributed by atoms with Crippen LogP contribution in [0, 0.1) is 0 Å². The van der Waals surface area contributed by atoms with Crippen molar-refractivity contribution < 1.29 is 13.2 Å². The van der Waals surface area contributed by atoms with Gasteiger partial charge in [0.15, 0.2) is 5.96 Å². The molecule has 0 aromatic heterocycles. The molecule has 1 aliphatic heterocycles. The van der Waals surface area contributed by atoms with Crippen LogP contribution in [0.5, 0.6) is 0 Å². The van der Waals surface area contributed by atoms with Crippen LogP contribution in [-0.2, 0) is 12.7 Å². The van der Waals surface area contributed by atoms with Gasteiger partial charge in [0, 0.05) is 20.1 Å². The van der Waals surface area contributed by atoms with Crippen LogP contribution in [0.4, 0.5) is 13.2 Å². The number of nitrogens with zero attached hydrogens (tertiary/aromatic N) is 2. The summed E-state index contributed by atoms with van der Waals surface area (Å²) in [5, 5.41) is 6.25. The third-order valence-electron chi connectivity index (χ3n) is 4.08.